The summed E-state index contributed by atoms with van der Waals surface area (Å²) in [6.45, 7) is 5.91. The molecule has 5 heteroatoms. The number of hydrogen-bond donors (Lipinski definition) is 2. The number of fused-ring (bicyclic) bond motifs is 1. The maximum Gasteiger partial charge on any atom is 0.259 e. The third kappa shape index (κ3) is 2.09. The molecule has 0 radical (unpaired) electrons. The predicted octanol–water partition coefficient (Wildman–Crippen LogP) is 2.38. The van der Waals surface area contributed by atoms with Gasteiger partial charge in [0.15, 0.2) is 5.54 Å². The number of rotatable bonds is 3. The van der Waals surface area contributed by atoms with E-state index in [-0.39, 0.29) is 5.91 Å². The molecule has 0 fully saturated rings. The molecular formula is C17H20N4O. The maximum absolute atomic E-state index is 12.8. The summed E-state index contributed by atoms with van der Waals surface area (Å²) in [7, 11) is 3.73. The minimum atomic E-state index is -0.953. The second-order valence-corrected chi connectivity index (χ2v) is 6.03. The first-order valence-electron chi connectivity index (χ1n) is 7.23. The molecule has 0 bridgehead atoms. The van der Waals surface area contributed by atoms with Crippen LogP contribution in [0.5, 0.6) is 0 Å². The second kappa shape index (κ2) is 5.02. The van der Waals surface area contributed by atoms with Crippen LogP contribution in [0.15, 0.2) is 47.6 Å². The van der Waals surface area contributed by atoms with E-state index in [1.54, 1.807) is 0 Å². The number of benzene rings is 1. The minimum Gasteiger partial charge on any atom is -0.361 e. The molecule has 114 valence electrons. The van der Waals surface area contributed by atoms with E-state index >= 15 is 0 Å². The van der Waals surface area contributed by atoms with Gasteiger partial charge in [0.1, 0.15) is 0 Å². The lowest BCUT2D eigenvalue weighted by Crippen LogP contribution is -2.40. The monoisotopic (exact) mass is 296 g/mol. The maximum atomic E-state index is 12.8. The fourth-order valence-electron chi connectivity index (χ4n) is 2.92. The third-order valence-corrected chi connectivity index (χ3v) is 3.91. The summed E-state index contributed by atoms with van der Waals surface area (Å²) < 4.78 is 0. The molecule has 1 aliphatic rings. The Balaban J connectivity index is 2.23. The fraction of sp³-hybridized carbons (Fsp3) is 0.294. The molecule has 22 heavy (non-hydrogen) atoms. The van der Waals surface area contributed by atoms with Crippen molar-refractivity contribution in [3.63, 3.8) is 0 Å². The van der Waals surface area contributed by atoms with Gasteiger partial charge in [-0.2, -0.15) is 0 Å². The number of carbonyl (C=O) groups excluding carboxylic acids is 1. The lowest BCUT2D eigenvalue weighted by Gasteiger charge is -2.23. The highest BCUT2D eigenvalue weighted by atomic mass is 16.2. The molecule has 0 saturated carbocycles. The van der Waals surface area contributed by atoms with Gasteiger partial charge in [0, 0.05) is 43.2 Å². The van der Waals surface area contributed by atoms with Gasteiger partial charge >= 0.3 is 0 Å². The highest BCUT2D eigenvalue weighted by Gasteiger charge is 2.47. The largest absolute Gasteiger partial charge is 0.361 e. The molecule has 2 heterocycles. The molecule has 1 atom stereocenters. The number of H-pyrrole nitrogens is 1. The van der Waals surface area contributed by atoms with Crippen LogP contribution in [-0.4, -0.2) is 35.8 Å². The van der Waals surface area contributed by atoms with E-state index in [1.807, 2.05) is 56.4 Å². The van der Waals surface area contributed by atoms with Crippen molar-refractivity contribution in [2.24, 2.45) is 4.99 Å². The van der Waals surface area contributed by atoms with Gasteiger partial charge in [0.2, 0.25) is 5.96 Å². The molecule has 1 aliphatic heterocycles. The predicted molar refractivity (Wildman–Crippen MR) is 88.7 cm³/mol. The molecule has 0 saturated heterocycles. The number of hydrogen-bond acceptors (Lipinski definition) is 3. The van der Waals surface area contributed by atoms with Gasteiger partial charge in [0.05, 0.1) is 0 Å². The van der Waals surface area contributed by atoms with Crippen LogP contribution in [0.4, 0.5) is 0 Å². The van der Waals surface area contributed by atoms with Crippen molar-refractivity contribution in [2.75, 3.05) is 14.1 Å². The molecule has 1 amide bonds. The standard InChI is InChI=1S/C17H20N4O/c1-11(2)9-17(15(22)19-16(20-17)21(3)4)13-10-18-14-8-6-5-7-12(13)14/h5-8,10,18H,1,9H2,2-4H3,(H,19,20,22). The zero-order valence-electron chi connectivity index (χ0n) is 13.1. The van der Waals surface area contributed by atoms with Crippen molar-refractivity contribution < 1.29 is 4.79 Å². The molecule has 0 aliphatic carbocycles. The quantitative estimate of drug-likeness (QED) is 0.854. The third-order valence-electron chi connectivity index (χ3n) is 3.91. The average molecular weight is 296 g/mol. The van der Waals surface area contributed by atoms with Gasteiger partial charge < -0.3 is 9.88 Å². The summed E-state index contributed by atoms with van der Waals surface area (Å²) in [5.74, 6) is 0.473. The first-order valence-corrected chi connectivity index (χ1v) is 7.23. The van der Waals surface area contributed by atoms with Gasteiger partial charge in [-0.25, -0.2) is 4.99 Å². The Labute approximate surface area is 129 Å². The number of amides is 1. The number of nitrogens with zero attached hydrogens (tertiary/aromatic N) is 2. The van der Waals surface area contributed by atoms with Crippen molar-refractivity contribution >= 4 is 22.8 Å². The smallest absolute Gasteiger partial charge is 0.259 e. The van der Waals surface area contributed by atoms with E-state index in [2.05, 4.69) is 16.9 Å². The zero-order chi connectivity index (χ0) is 15.9. The topological polar surface area (TPSA) is 60.5 Å². The lowest BCUT2D eigenvalue weighted by molar-refractivity contribution is -0.124. The number of nitrogens with one attached hydrogen (secondary N) is 2. The van der Waals surface area contributed by atoms with Crippen molar-refractivity contribution in [1.29, 1.82) is 0 Å². The number of aliphatic imine (C=N–C) groups is 1. The highest BCUT2D eigenvalue weighted by molar-refractivity contribution is 6.09. The van der Waals surface area contributed by atoms with Crippen molar-refractivity contribution in [1.82, 2.24) is 15.2 Å². The highest BCUT2D eigenvalue weighted by Crippen LogP contribution is 2.39. The van der Waals surface area contributed by atoms with Gasteiger partial charge in [0.25, 0.3) is 5.91 Å². The Morgan fingerprint density at radius 2 is 2.09 bits per heavy atom. The van der Waals surface area contributed by atoms with Crippen LogP contribution in [-0.2, 0) is 10.3 Å². The van der Waals surface area contributed by atoms with Crippen LogP contribution in [0.2, 0.25) is 0 Å². The van der Waals surface area contributed by atoms with E-state index < -0.39 is 5.54 Å². The molecule has 0 spiro atoms. The molecular weight excluding hydrogens is 276 g/mol. The van der Waals surface area contributed by atoms with Gasteiger partial charge in [-0.15, -0.1) is 6.58 Å². The first kappa shape index (κ1) is 14.4. The number of aromatic amines is 1. The van der Waals surface area contributed by atoms with Crippen molar-refractivity contribution in [2.45, 2.75) is 18.9 Å². The summed E-state index contributed by atoms with van der Waals surface area (Å²) in [5.41, 5.74) is 1.86. The van der Waals surface area contributed by atoms with Crippen LogP contribution >= 0.6 is 0 Å². The Morgan fingerprint density at radius 3 is 2.73 bits per heavy atom. The van der Waals surface area contributed by atoms with Gasteiger partial charge in [-0.3, -0.25) is 10.1 Å². The van der Waals surface area contributed by atoms with E-state index in [1.165, 1.54) is 0 Å². The average Bonchev–Trinajstić information content (AvgIpc) is 3.01. The number of para-hydroxylation sites is 1. The zero-order valence-corrected chi connectivity index (χ0v) is 13.1. The van der Waals surface area contributed by atoms with E-state index in [9.17, 15) is 4.79 Å². The summed E-state index contributed by atoms with van der Waals surface area (Å²) in [6.07, 6.45) is 2.37. The molecule has 1 unspecified atom stereocenters. The Bertz CT molecular complexity index is 787. The molecule has 1 aromatic heterocycles. The summed E-state index contributed by atoms with van der Waals surface area (Å²) >= 11 is 0. The number of carbonyl (C=O) groups is 1. The lowest BCUT2D eigenvalue weighted by atomic mass is 9.84. The summed E-state index contributed by atoms with van der Waals surface area (Å²) in [4.78, 5) is 22.6. The van der Waals surface area contributed by atoms with Crippen LogP contribution in [0, 0.1) is 0 Å². The molecule has 2 aromatic rings. The Kier molecular flexibility index (Phi) is 3.28. The summed E-state index contributed by atoms with van der Waals surface area (Å²) in [5, 5.41) is 3.90. The Morgan fingerprint density at radius 1 is 1.36 bits per heavy atom. The van der Waals surface area contributed by atoms with Crippen LogP contribution in [0.1, 0.15) is 18.9 Å². The van der Waals surface area contributed by atoms with Gasteiger partial charge in [-0.1, -0.05) is 23.8 Å². The van der Waals surface area contributed by atoms with Crippen molar-refractivity contribution in [3.8, 4) is 0 Å². The van der Waals surface area contributed by atoms with Gasteiger partial charge in [-0.05, 0) is 13.0 Å². The number of guanidine groups is 1. The molecule has 2 N–H and O–H groups in total. The normalized spacial score (nSPS) is 20.9. The fourth-order valence-corrected chi connectivity index (χ4v) is 2.92. The first-order chi connectivity index (χ1) is 10.4. The summed E-state index contributed by atoms with van der Waals surface area (Å²) in [6, 6.07) is 7.95. The SMILES string of the molecule is C=C(C)CC1(c2c[nH]c3ccccc23)N=C(N(C)C)NC1=O. The van der Waals surface area contributed by atoms with Crippen LogP contribution in [0.3, 0.4) is 0 Å². The number of aromatic nitrogens is 1. The van der Waals surface area contributed by atoms with Crippen LogP contribution < -0.4 is 5.32 Å². The van der Waals surface area contributed by atoms with E-state index in [0.29, 0.717) is 12.4 Å². The molecule has 3 rings (SSSR count). The van der Waals surface area contributed by atoms with Crippen molar-refractivity contribution in [3.05, 3.63) is 48.2 Å². The molecule has 5 nitrogen and oxygen atoms in total. The van der Waals surface area contributed by atoms with Crippen LogP contribution in [0.25, 0.3) is 10.9 Å². The second-order valence-electron chi connectivity index (χ2n) is 6.03. The minimum absolute atomic E-state index is 0.107. The van der Waals surface area contributed by atoms with E-state index in [4.69, 9.17) is 4.99 Å². The molecule has 1 aromatic carbocycles. The van der Waals surface area contributed by atoms with E-state index in [0.717, 1.165) is 22.0 Å². The Hall–Kier alpha value is -2.56.